The molecule has 0 saturated carbocycles. The lowest BCUT2D eigenvalue weighted by atomic mass is 10.2. The fourth-order valence-electron chi connectivity index (χ4n) is 3.09. The topological polar surface area (TPSA) is 141 Å². The Morgan fingerprint density at radius 2 is 1.29 bits per heavy atom. The van der Waals surface area contributed by atoms with E-state index in [-0.39, 0.29) is 0 Å². The standard InChI is InChI=1S/C19H22N12/c20-25-21-9-6-17-13-29(26-22-17)10-7-18-14-30(27-23-18)11-8-19-15-31(28-24-19)12-16-4-2-1-3-5-16/h1-5,13-15H,6-12H2. The monoisotopic (exact) mass is 418 g/mol. The van der Waals surface area contributed by atoms with E-state index in [2.05, 4.69) is 53.1 Å². The van der Waals surface area contributed by atoms with Gasteiger partial charge in [-0.2, -0.15) is 0 Å². The molecule has 1 aromatic carbocycles. The molecule has 0 unspecified atom stereocenters. The maximum atomic E-state index is 8.31. The fourth-order valence-corrected chi connectivity index (χ4v) is 3.09. The SMILES string of the molecule is [N-]=[N+]=NCCc1cn(CCc2cn(CCc3cn(Cc4ccccc4)nn3)nn2)nn1. The van der Waals surface area contributed by atoms with Crippen molar-refractivity contribution in [2.45, 2.75) is 38.9 Å². The second-order valence-corrected chi connectivity index (χ2v) is 7.04. The summed E-state index contributed by atoms with van der Waals surface area (Å²) < 4.78 is 5.42. The van der Waals surface area contributed by atoms with Gasteiger partial charge in [-0.15, -0.1) is 15.3 Å². The normalized spacial score (nSPS) is 10.8. The molecule has 0 N–H and O–H groups in total. The summed E-state index contributed by atoms with van der Waals surface area (Å²) >= 11 is 0. The van der Waals surface area contributed by atoms with Crippen LogP contribution in [0.2, 0.25) is 0 Å². The first-order valence-corrected chi connectivity index (χ1v) is 10.0. The number of aryl methyl sites for hydroxylation is 4. The van der Waals surface area contributed by atoms with Crippen molar-refractivity contribution in [2.75, 3.05) is 6.54 Å². The van der Waals surface area contributed by atoms with Gasteiger partial charge in [0.25, 0.3) is 0 Å². The van der Waals surface area contributed by atoms with Gasteiger partial charge >= 0.3 is 0 Å². The number of nitrogens with zero attached hydrogens (tertiary/aromatic N) is 12. The number of benzene rings is 1. The molecule has 4 rings (SSSR count). The molecular formula is C19H22N12. The van der Waals surface area contributed by atoms with Gasteiger partial charge in [-0.3, -0.25) is 9.36 Å². The molecule has 0 aliphatic heterocycles. The van der Waals surface area contributed by atoms with Gasteiger partial charge in [0.2, 0.25) is 0 Å². The van der Waals surface area contributed by atoms with E-state index in [9.17, 15) is 0 Å². The Bertz CT molecular complexity index is 1140. The maximum Gasteiger partial charge on any atom is 0.0845 e. The molecule has 0 saturated heterocycles. The zero-order valence-electron chi connectivity index (χ0n) is 16.9. The van der Waals surface area contributed by atoms with Gasteiger partial charge in [0.05, 0.1) is 23.6 Å². The molecule has 0 radical (unpaired) electrons. The molecule has 0 bridgehead atoms. The van der Waals surface area contributed by atoms with Gasteiger partial charge in [0, 0.05) is 56.0 Å². The summed E-state index contributed by atoms with van der Waals surface area (Å²) in [6.07, 6.45) is 7.77. The Kier molecular flexibility index (Phi) is 6.61. The van der Waals surface area contributed by atoms with E-state index in [4.69, 9.17) is 5.53 Å². The number of hydrogen-bond donors (Lipinski definition) is 0. The number of aromatic nitrogens is 9. The maximum absolute atomic E-state index is 8.31. The summed E-state index contributed by atoms with van der Waals surface area (Å²) in [5, 5.41) is 28.5. The largest absolute Gasteiger partial charge is 0.252 e. The predicted octanol–water partition coefficient (Wildman–Crippen LogP) is 1.85. The third kappa shape index (κ3) is 5.97. The minimum Gasteiger partial charge on any atom is -0.252 e. The summed E-state index contributed by atoms with van der Waals surface area (Å²) in [5.41, 5.74) is 12.1. The Morgan fingerprint density at radius 3 is 1.90 bits per heavy atom. The van der Waals surface area contributed by atoms with Gasteiger partial charge in [-0.1, -0.05) is 51.1 Å². The van der Waals surface area contributed by atoms with Crippen molar-refractivity contribution < 1.29 is 0 Å². The van der Waals surface area contributed by atoms with Crippen molar-refractivity contribution in [1.29, 1.82) is 0 Å². The van der Waals surface area contributed by atoms with Crippen LogP contribution in [0.1, 0.15) is 22.6 Å². The van der Waals surface area contributed by atoms with Crippen LogP contribution in [-0.4, -0.2) is 51.5 Å². The van der Waals surface area contributed by atoms with Crippen molar-refractivity contribution in [2.24, 2.45) is 5.11 Å². The second-order valence-electron chi connectivity index (χ2n) is 7.04. The minimum atomic E-state index is 0.379. The highest BCUT2D eigenvalue weighted by molar-refractivity contribution is 5.14. The molecule has 0 spiro atoms. The second kappa shape index (κ2) is 10.1. The van der Waals surface area contributed by atoms with Crippen LogP contribution in [0.4, 0.5) is 0 Å². The minimum absolute atomic E-state index is 0.379. The van der Waals surface area contributed by atoms with Gasteiger partial charge in [-0.25, -0.2) is 4.68 Å². The van der Waals surface area contributed by atoms with Gasteiger partial charge in [0.15, 0.2) is 0 Å². The van der Waals surface area contributed by atoms with Crippen LogP contribution in [0, 0.1) is 0 Å². The summed E-state index contributed by atoms with van der Waals surface area (Å²) in [6.45, 7) is 2.42. The average Bonchev–Trinajstić information content (AvgIpc) is 3.53. The zero-order valence-corrected chi connectivity index (χ0v) is 16.9. The van der Waals surface area contributed by atoms with Crippen LogP contribution in [0.3, 0.4) is 0 Å². The Hall–Kier alpha value is -4.05. The zero-order chi connectivity index (χ0) is 21.3. The van der Waals surface area contributed by atoms with Gasteiger partial charge in [0.1, 0.15) is 0 Å². The van der Waals surface area contributed by atoms with Crippen LogP contribution < -0.4 is 0 Å². The highest BCUT2D eigenvalue weighted by atomic mass is 15.4. The van der Waals surface area contributed by atoms with E-state index in [1.807, 2.05) is 46.2 Å². The van der Waals surface area contributed by atoms with Gasteiger partial charge < -0.3 is 0 Å². The Balaban J connectivity index is 1.23. The highest BCUT2D eigenvalue weighted by Gasteiger charge is 2.06. The summed E-state index contributed by atoms with van der Waals surface area (Å²) in [6, 6.07) is 10.2. The summed E-state index contributed by atoms with van der Waals surface area (Å²) in [7, 11) is 0. The molecule has 3 heterocycles. The van der Waals surface area contributed by atoms with Crippen LogP contribution in [0.5, 0.6) is 0 Å². The van der Waals surface area contributed by atoms with Crippen LogP contribution in [0.25, 0.3) is 10.4 Å². The molecule has 0 aliphatic carbocycles. The summed E-state index contributed by atoms with van der Waals surface area (Å²) in [4.78, 5) is 2.73. The Morgan fingerprint density at radius 1 is 0.742 bits per heavy atom. The first kappa shape index (κ1) is 20.2. The first-order chi connectivity index (χ1) is 15.3. The lowest BCUT2D eigenvalue weighted by molar-refractivity contribution is 0.580. The van der Waals surface area contributed by atoms with Crippen LogP contribution in [0.15, 0.2) is 54.0 Å². The van der Waals surface area contributed by atoms with E-state index in [0.29, 0.717) is 39.0 Å². The fraction of sp³-hybridized carbons (Fsp3) is 0.368. The molecule has 12 heteroatoms. The van der Waals surface area contributed by atoms with Crippen molar-refractivity contribution in [3.8, 4) is 0 Å². The van der Waals surface area contributed by atoms with E-state index in [1.54, 1.807) is 4.68 Å². The smallest absolute Gasteiger partial charge is 0.0845 e. The molecule has 0 amide bonds. The summed E-state index contributed by atoms with van der Waals surface area (Å²) in [5.74, 6) is 0. The lowest BCUT2D eigenvalue weighted by Crippen LogP contribution is -2.03. The van der Waals surface area contributed by atoms with E-state index < -0.39 is 0 Å². The average molecular weight is 418 g/mol. The van der Waals surface area contributed by atoms with Crippen molar-refractivity contribution in [1.82, 2.24) is 45.0 Å². The van der Waals surface area contributed by atoms with E-state index >= 15 is 0 Å². The van der Waals surface area contributed by atoms with Crippen LogP contribution >= 0.6 is 0 Å². The van der Waals surface area contributed by atoms with Crippen molar-refractivity contribution in [3.63, 3.8) is 0 Å². The highest BCUT2D eigenvalue weighted by Crippen LogP contribution is 2.04. The third-order valence-electron chi connectivity index (χ3n) is 4.67. The van der Waals surface area contributed by atoms with Gasteiger partial charge in [-0.05, 0) is 17.5 Å². The molecule has 12 nitrogen and oxygen atoms in total. The van der Waals surface area contributed by atoms with Crippen molar-refractivity contribution in [3.05, 3.63) is 82.0 Å². The molecule has 158 valence electrons. The number of hydrogen-bond acceptors (Lipinski definition) is 7. The first-order valence-electron chi connectivity index (χ1n) is 10.0. The molecule has 0 aliphatic rings. The molecular weight excluding hydrogens is 396 g/mol. The predicted molar refractivity (Wildman–Crippen MR) is 111 cm³/mol. The number of azide groups is 1. The molecule has 0 atom stereocenters. The molecule has 31 heavy (non-hydrogen) atoms. The van der Waals surface area contributed by atoms with Crippen molar-refractivity contribution >= 4 is 0 Å². The van der Waals surface area contributed by atoms with E-state index in [1.165, 1.54) is 5.56 Å². The van der Waals surface area contributed by atoms with E-state index in [0.717, 1.165) is 23.5 Å². The quantitative estimate of drug-likeness (QED) is 0.207. The molecule has 4 aromatic rings. The lowest BCUT2D eigenvalue weighted by Gasteiger charge is -1.99. The number of rotatable bonds is 11. The Labute approximate surface area is 178 Å². The third-order valence-corrected chi connectivity index (χ3v) is 4.67. The van der Waals surface area contributed by atoms with Crippen LogP contribution in [-0.2, 0) is 38.9 Å². The molecule has 3 aromatic heterocycles. The molecule has 0 fully saturated rings.